The molecular formula is C15H24O6. The number of unbranched alkanes of at least 4 members (excludes halogenated alkanes) is 1. The van der Waals surface area contributed by atoms with Crippen molar-refractivity contribution in [2.45, 2.75) is 53.4 Å². The van der Waals surface area contributed by atoms with Gasteiger partial charge in [0.15, 0.2) is 17.0 Å². The summed E-state index contributed by atoms with van der Waals surface area (Å²) in [6, 6.07) is 0. The Labute approximate surface area is 125 Å². The molecule has 0 bridgehead atoms. The molecule has 0 radical (unpaired) electrons. The Kier molecular flexibility index (Phi) is 8.50. The first-order valence-electron chi connectivity index (χ1n) is 7.17. The normalized spacial score (nSPS) is 10.9. The number of esters is 2. The van der Waals surface area contributed by atoms with Crippen molar-refractivity contribution in [1.29, 1.82) is 0 Å². The molecule has 0 saturated heterocycles. The predicted octanol–water partition coefficient (Wildman–Crippen LogP) is 1.84. The van der Waals surface area contributed by atoms with Crippen LogP contribution in [0.4, 0.5) is 0 Å². The van der Waals surface area contributed by atoms with E-state index in [2.05, 4.69) is 0 Å². The van der Waals surface area contributed by atoms with Gasteiger partial charge in [-0.15, -0.1) is 0 Å². The lowest BCUT2D eigenvalue weighted by atomic mass is 9.76. The molecule has 0 atom stereocenters. The van der Waals surface area contributed by atoms with Crippen molar-refractivity contribution >= 4 is 23.5 Å². The molecule has 0 spiro atoms. The van der Waals surface area contributed by atoms with Crippen molar-refractivity contribution < 1.29 is 28.7 Å². The van der Waals surface area contributed by atoms with E-state index in [1.54, 1.807) is 13.8 Å². The molecule has 6 nitrogen and oxygen atoms in total. The van der Waals surface area contributed by atoms with Crippen LogP contribution in [0.3, 0.4) is 0 Å². The molecule has 0 aromatic carbocycles. The number of ketones is 2. The molecule has 0 aliphatic carbocycles. The quantitative estimate of drug-likeness (QED) is 0.347. The third kappa shape index (κ3) is 5.28. The summed E-state index contributed by atoms with van der Waals surface area (Å²) < 4.78 is 9.67. The Balaban J connectivity index is 4.77. The van der Waals surface area contributed by atoms with Gasteiger partial charge in [0, 0.05) is 6.42 Å². The smallest absolute Gasteiger partial charge is 0.327 e. The molecule has 0 amide bonds. The SMILES string of the molecule is CCOC(=O)CCCCC(C(C)=O)(C(C)=O)C(=O)OCC. The van der Waals surface area contributed by atoms with Gasteiger partial charge in [0.1, 0.15) is 0 Å². The topological polar surface area (TPSA) is 86.7 Å². The number of ether oxygens (including phenoxy) is 2. The van der Waals surface area contributed by atoms with E-state index in [9.17, 15) is 19.2 Å². The first-order chi connectivity index (χ1) is 9.82. The molecule has 0 saturated carbocycles. The Morgan fingerprint density at radius 3 is 1.81 bits per heavy atom. The molecule has 0 aliphatic heterocycles. The maximum atomic E-state index is 12.0. The molecule has 21 heavy (non-hydrogen) atoms. The lowest BCUT2D eigenvalue weighted by molar-refractivity contribution is -0.163. The molecule has 120 valence electrons. The van der Waals surface area contributed by atoms with Crippen molar-refractivity contribution in [3.05, 3.63) is 0 Å². The molecular weight excluding hydrogens is 276 g/mol. The second-order valence-electron chi connectivity index (χ2n) is 4.75. The number of hydrogen-bond acceptors (Lipinski definition) is 6. The zero-order valence-corrected chi connectivity index (χ0v) is 13.2. The summed E-state index contributed by atoms with van der Waals surface area (Å²) in [5.74, 6) is -2.18. The Hall–Kier alpha value is -1.72. The largest absolute Gasteiger partial charge is 0.466 e. The maximum absolute atomic E-state index is 12.0. The van der Waals surface area contributed by atoms with Crippen LogP contribution in [0.15, 0.2) is 0 Å². The minimum Gasteiger partial charge on any atom is -0.466 e. The van der Waals surface area contributed by atoms with Crippen LogP contribution in [-0.4, -0.2) is 36.7 Å². The lowest BCUT2D eigenvalue weighted by Gasteiger charge is -2.26. The second kappa shape index (κ2) is 9.26. The number of hydrogen-bond donors (Lipinski definition) is 0. The number of Topliss-reactive ketones (excluding diaryl/α,β-unsaturated/α-hetero) is 2. The Bertz CT molecular complexity index is 385. The van der Waals surface area contributed by atoms with Crippen LogP contribution in [0.1, 0.15) is 53.4 Å². The number of carbonyl (C=O) groups excluding carboxylic acids is 4. The summed E-state index contributed by atoms with van der Waals surface area (Å²) in [7, 11) is 0. The van der Waals surface area contributed by atoms with Gasteiger partial charge in [-0.3, -0.25) is 19.2 Å². The van der Waals surface area contributed by atoms with Crippen molar-refractivity contribution in [2.75, 3.05) is 13.2 Å². The van der Waals surface area contributed by atoms with Crippen LogP contribution in [0.25, 0.3) is 0 Å². The predicted molar refractivity (Wildman–Crippen MR) is 75.5 cm³/mol. The van der Waals surface area contributed by atoms with E-state index in [-0.39, 0.29) is 25.4 Å². The van der Waals surface area contributed by atoms with E-state index in [1.165, 1.54) is 13.8 Å². The minimum absolute atomic E-state index is 0.0515. The summed E-state index contributed by atoms with van der Waals surface area (Å²) in [6.45, 7) is 6.17. The third-order valence-electron chi connectivity index (χ3n) is 3.31. The highest BCUT2D eigenvalue weighted by Crippen LogP contribution is 2.30. The molecule has 0 unspecified atom stereocenters. The van der Waals surface area contributed by atoms with Crippen LogP contribution in [-0.2, 0) is 28.7 Å². The van der Waals surface area contributed by atoms with Gasteiger partial charge in [0.25, 0.3) is 0 Å². The molecule has 0 rings (SSSR count). The van der Waals surface area contributed by atoms with Gasteiger partial charge < -0.3 is 9.47 Å². The van der Waals surface area contributed by atoms with Crippen molar-refractivity contribution in [2.24, 2.45) is 5.41 Å². The van der Waals surface area contributed by atoms with Crippen LogP contribution in [0, 0.1) is 5.41 Å². The Morgan fingerprint density at radius 1 is 0.857 bits per heavy atom. The fourth-order valence-corrected chi connectivity index (χ4v) is 2.14. The monoisotopic (exact) mass is 300 g/mol. The van der Waals surface area contributed by atoms with Crippen LogP contribution in [0.5, 0.6) is 0 Å². The zero-order valence-electron chi connectivity index (χ0n) is 13.2. The van der Waals surface area contributed by atoms with E-state index >= 15 is 0 Å². The molecule has 0 N–H and O–H groups in total. The van der Waals surface area contributed by atoms with E-state index in [4.69, 9.17) is 9.47 Å². The van der Waals surface area contributed by atoms with E-state index in [0.717, 1.165) is 0 Å². The van der Waals surface area contributed by atoms with Gasteiger partial charge in [-0.2, -0.15) is 0 Å². The van der Waals surface area contributed by atoms with E-state index < -0.39 is 23.0 Å². The highest BCUT2D eigenvalue weighted by atomic mass is 16.5. The molecule has 0 aliphatic rings. The third-order valence-corrected chi connectivity index (χ3v) is 3.31. The molecule has 0 fully saturated rings. The van der Waals surface area contributed by atoms with Crippen LogP contribution in [0.2, 0.25) is 0 Å². The zero-order chi connectivity index (χ0) is 16.5. The summed E-state index contributed by atoms with van der Waals surface area (Å²) in [6.07, 6.45) is 1.08. The summed E-state index contributed by atoms with van der Waals surface area (Å²) in [4.78, 5) is 46.9. The summed E-state index contributed by atoms with van der Waals surface area (Å²) >= 11 is 0. The lowest BCUT2D eigenvalue weighted by Crippen LogP contribution is -2.45. The number of rotatable bonds is 10. The standard InChI is InChI=1S/C15H24O6/c1-5-20-13(18)9-7-8-10-15(11(3)16,12(4)17)14(19)21-6-2/h5-10H2,1-4H3. The number of carbonyl (C=O) groups is 4. The van der Waals surface area contributed by atoms with Crippen molar-refractivity contribution in [1.82, 2.24) is 0 Å². The summed E-state index contributed by atoms with van der Waals surface area (Å²) in [5, 5.41) is 0. The van der Waals surface area contributed by atoms with Crippen LogP contribution >= 0.6 is 0 Å². The molecule has 0 heterocycles. The van der Waals surface area contributed by atoms with Gasteiger partial charge in [0.2, 0.25) is 0 Å². The van der Waals surface area contributed by atoms with Crippen molar-refractivity contribution in [3.8, 4) is 0 Å². The first kappa shape index (κ1) is 19.3. The summed E-state index contributed by atoms with van der Waals surface area (Å²) in [5.41, 5.74) is -1.75. The average molecular weight is 300 g/mol. The fourth-order valence-electron chi connectivity index (χ4n) is 2.14. The molecule has 6 heteroatoms. The molecule has 0 aromatic rings. The van der Waals surface area contributed by atoms with Gasteiger partial charge in [-0.1, -0.05) is 6.42 Å². The van der Waals surface area contributed by atoms with Gasteiger partial charge in [-0.25, -0.2) is 0 Å². The van der Waals surface area contributed by atoms with E-state index in [1.807, 2.05) is 0 Å². The van der Waals surface area contributed by atoms with Gasteiger partial charge in [-0.05, 0) is 40.5 Å². The van der Waals surface area contributed by atoms with Gasteiger partial charge >= 0.3 is 11.9 Å². The maximum Gasteiger partial charge on any atom is 0.327 e. The average Bonchev–Trinajstić information content (AvgIpc) is 2.38. The van der Waals surface area contributed by atoms with E-state index in [0.29, 0.717) is 19.4 Å². The second-order valence-corrected chi connectivity index (χ2v) is 4.75. The van der Waals surface area contributed by atoms with Crippen LogP contribution < -0.4 is 0 Å². The fraction of sp³-hybridized carbons (Fsp3) is 0.733. The Morgan fingerprint density at radius 2 is 1.38 bits per heavy atom. The highest BCUT2D eigenvalue weighted by Gasteiger charge is 2.48. The van der Waals surface area contributed by atoms with Crippen molar-refractivity contribution in [3.63, 3.8) is 0 Å². The minimum atomic E-state index is -1.75. The highest BCUT2D eigenvalue weighted by molar-refractivity contribution is 6.21. The first-order valence-corrected chi connectivity index (χ1v) is 7.17. The molecule has 0 aromatic heterocycles. The van der Waals surface area contributed by atoms with Gasteiger partial charge in [0.05, 0.1) is 13.2 Å².